The van der Waals surface area contributed by atoms with Gasteiger partial charge in [-0.2, -0.15) is 9.78 Å². The Morgan fingerprint density at radius 3 is 1.63 bits per heavy atom. The Morgan fingerprint density at radius 1 is 0.852 bits per heavy atom. The number of hydrogen-bond acceptors (Lipinski definition) is 5. The molecule has 1 heterocycles. The molecule has 1 aliphatic rings. The highest BCUT2D eigenvalue weighted by atomic mass is 17.4. The van der Waals surface area contributed by atoms with Crippen molar-refractivity contribution in [3.8, 4) is 0 Å². The van der Waals surface area contributed by atoms with Crippen LogP contribution in [-0.4, -0.2) is 23.1 Å². The summed E-state index contributed by atoms with van der Waals surface area (Å²) < 4.78 is 5.63. The zero-order valence-electron chi connectivity index (χ0n) is 19.2. The summed E-state index contributed by atoms with van der Waals surface area (Å²) in [6, 6.07) is 0. The molecule has 0 aromatic rings. The van der Waals surface area contributed by atoms with Crippen LogP contribution in [0.1, 0.15) is 89.0 Å². The zero-order chi connectivity index (χ0) is 21.4. The Hall–Kier alpha value is -0.940. The largest absolute Gasteiger partial charge is 0.459 e. The van der Waals surface area contributed by atoms with Crippen molar-refractivity contribution in [2.75, 3.05) is 0 Å². The first-order valence-electron chi connectivity index (χ1n) is 10.1. The molecule has 0 aromatic heterocycles. The lowest BCUT2D eigenvalue weighted by atomic mass is 9.66. The minimum atomic E-state index is -1.38. The van der Waals surface area contributed by atoms with Gasteiger partial charge in [-0.15, -0.1) is 0 Å². The van der Waals surface area contributed by atoms with Gasteiger partial charge in [-0.05, 0) is 50.9 Å². The number of rotatable bonds is 9. The quantitative estimate of drug-likeness (QED) is 0.233. The molecule has 1 rings (SSSR count). The molecular formula is C22H40O5. The summed E-state index contributed by atoms with van der Waals surface area (Å²) in [5.74, 6) is -2.47. The molecule has 1 aliphatic heterocycles. The monoisotopic (exact) mass is 384 g/mol. The summed E-state index contributed by atoms with van der Waals surface area (Å²) in [5, 5.41) is 0. The molecule has 0 amide bonds. The lowest BCUT2D eigenvalue weighted by Gasteiger charge is -2.38. The number of carbonyl (C=O) groups is 2. The van der Waals surface area contributed by atoms with E-state index in [0.717, 1.165) is 6.42 Å². The Labute approximate surface area is 165 Å². The first-order chi connectivity index (χ1) is 12.0. The minimum absolute atomic E-state index is 0.326. The van der Waals surface area contributed by atoms with Crippen LogP contribution < -0.4 is 0 Å². The minimum Gasteiger partial charge on any atom is -0.459 e. The van der Waals surface area contributed by atoms with Crippen LogP contribution in [0.2, 0.25) is 0 Å². The normalized spacial score (nSPS) is 18.6. The third kappa shape index (κ3) is 5.77. The molecule has 0 N–H and O–H groups in total. The third-order valence-electron chi connectivity index (χ3n) is 5.00. The first-order valence-corrected chi connectivity index (χ1v) is 10.1. The summed E-state index contributed by atoms with van der Waals surface area (Å²) in [7, 11) is 0. The van der Waals surface area contributed by atoms with Gasteiger partial charge in [-0.3, -0.25) is 9.59 Å². The predicted octanol–water partition coefficient (Wildman–Crippen LogP) is 5.32. The van der Waals surface area contributed by atoms with Gasteiger partial charge in [0.1, 0.15) is 11.5 Å². The molecule has 0 spiro atoms. The van der Waals surface area contributed by atoms with Gasteiger partial charge in [0.15, 0.2) is 0 Å². The molecule has 5 nitrogen and oxygen atoms in total. The van der Waals surface area contributed by atoms with Crippen LogP contribution in [-0.2, 0) is 24.1 Å². The summed E-state index contributed by atoms with van der Waals surface area (Å²) in [6.07, 6.45) is 1.45. The Kier molecular flexibility index (Phi) is 6.98. The number of ether oxygens (including phenoxy) is 1. The number of carbonyl (C=O) groups excluding carboxylic acids is 2. The SMILES string of the molecule is CC(C)CC(C)(C)C(C(=O)OC(C)(C)C)C(=O)C1(C(C)(C)CC(C)C)OO1. The van der Waals surface area contributed by atoms with Crippen LogP contribution in [0.15, 0.2) is 0 Å². The molecule has 0 aliphatic carbocycles. The fraction of sp³-hybridized carbons (Fsp3) is 0.909. The van der Waals surface area contributed by atoms with E-state index < -0.39 is 34.1 Å². The van der Waals surface area contributed by atoms with Crippen LogP contribution in [0.4, 0.5) is 0 Å². The van der Waals surface area contributed by atoms with Crippen molar-refractivity contribution >= 4 is 11.8 Å². The third-order valence-corrected chi connectivity index (χ3v) is 5.00. The van der Waals surface area contributed by atoms with Crippen molar-refractivity contribution in [3.05, 3.63) is 0 Å². The smallest absolute Gasteiger partial charge is 0.317 e. The van der Waals surface area contributed by atoms with Crippen molar-refractivity contribution in [2.45, 2.75) is 100 Å². The van der Waals surface area contributed by atoms with E-state index in [-0.39, 0.29) is 5.78 Å². The van der Waals surface area contributed by atoms with Gasteiger partial charge < -0.3 is 4.74 Å². The summed E-state index contributed by atoms with van der Waals surface area (Å²) in [4.78, 5) is 37.4. The van der Waals surface area contributed by atoms with E-state index in [1.165, 1.54) is 0 Å². The molecule has 0 radical (unpaired) electrons. The van der Waals surface area contributed by atoms with Crippen molar-refractivity contribution < 1.29 is 24.1 Å². The van der Waals surface area contributed by atoms with Crippen LogP contribution in [0.25, 0.3) is 0 Å². The molecule has 0 aromatic carbocycles. The van der Waals surface area contributed by atoms with E-state index in [1.807, 2.05) is 48.5 Å². The second kappa shape index (κ2) is 7.82. The zero-order valence-corrected chi connectivity index (χ0v) is 19.2. The predicted molar refractivity (Wildman–Crippen MR) is 106 cm³/mol. The summed E-state index contributed by atoms with van der Waals surface area (Å²) >= 11 is 0. The Bertz CT molecular complexity index is 548. The Morgan fingerprint density at radius 2 is 1.30 bits per heavy atom. The highest BCUT2D eigenvalue weighted by molar-refractivity contribution is 6.04. The lowest BCUT2D eigenvalue weighted by molar-refractivity contribution is -0.170. The van der Waals surface area contributed by atoms with Crippen molar-refractivity contribution in [3.63, 3.8) is 0 Å². The topological polar surface area (TPSA) is 68.4 Å². The van der Waals surface area contributed by atoms with Gasteiger partial charge >= 0.3 is 5.97 Å². The molecule has 5 heteroatoms. The molecule has 27 heavy (non-hydrogen) atoms. The molecular weight excluding hydrogens is 344 g/mol. The molecule has 1 atom stereocenters. The molecule has 1 unspecified atom stereocenters. The van der Waals surface area contributed by atoms with Gasteiger partial charge in [0.2, 0.25) is 5.78 Å². The fourth-order valence-electron chi connectivity index (χ4n) is 4.34. The van der Waals surface area contributed by atoms with Crippen molar-refractivity contribution in [2.24, 2.45) is 28.6 Å². The van der Waals surface area contributed by atoms with Gasteiger partial charge in [0, 0.05) is 5.41 Å². The second-order valence-electron chi connectivity index (χ2n) is 11.2. The molecule has 0 bridgehead atoms. The maximum atomic E-state index is 13.7. The Balaban J connectivity index is 3.30. The van der Waals surface area contributed by atoms with Crippen LogP contribution in [0.3, 0.4) is 0 Å². The highest BCUT2D eigenvalue weighted by Crippen LogP contribution is 2.53. The summed E-state index contributed by atoms with van der Waals surface area (Å²) in [5.41, 5.74) is -1.80. The maximum Gasteiger partial charge on any atom is 0.317 e. The molecule has 1 saturated heterocycles. The number of esters is 1. The van der Waals surface area contributed by atoms with Gasteiger partial charge in [0.25, 0.3) is 5.79 Å². The van der Waals surface area contributed by atoms with E-state index >= 15 is 0 Å². The molecule has 0 saturated carbocycles. The summed E-state index contributed by atoms with van der Waals surface area (Å²) in [6.45, 7) is 21.6. The van der Waals surface area contributed by atoms with Crippen LogP contribution in [0.5, 0.6) is 0 Å². The van der Waals surface area contributed by atoms with Gasteiger partial charge in [-0.25, -0.2) is 0 Å². The van der Waals surface area contributed by atoms with Crippen LogP contribution in [0, 0.1) is 28.6 Å². The second-order valence-corrected chi connectivity index (χ2v) is 11.2. The molecule has 158 valence electrons. The van der Waals surface area contributed by atoms with Crippen molar-refractivity contribution in [1.29, 1.82) is 0 Å². The van der Waals surface area contributed by atoms with Gasteiger partial charge in [0.05, 0.1) is 0 Å². The van der Waals surface area contributed by atoms with E-state index in [2.05, 4.69) is 27.7 Å². The van der Waals surface area contributed by atoms with E-state index in [9.17, 15) is 9.59 Å². The number of hydrogen-bond donors (Lipinski definition) is 0. The average Bonchev–Trinajstić information content (AvgIpc) is 3.13. The first kappa shape index (κ1) is 24.1. The van der Waals surface area contributed by atoms with E-state index in [0.29, 0.717) is 18.3 Å². The molecule has 1 fully saturated rings. The standard InChI is InChI=1S/C22H40O5/c1-14(2)12-20(8,9)16(18(24)25-19(5,6)7)17(23)22(26-27-22)21(10,11)13-15(3)4/h14-16H,12-13H2,1-11H3. The van der Waals surface area contributed by atoms with Gasteiger partial charge in [-0.1, -0.05) is 55.4 Å². The van der Waals surface area contributed by atoms with Crippen molar-refractivity contribution in [1.82, 2.24) is 0 Å². The van der Waals surface area contributed by atoms with E-state index in [1.54, 1.807) is 0 Å². The van der Waals surface area contributed by atoms with Crippen LogP contribution >= 0.6 is 0 Å². The fourth-order valence-corrected chi connectivity index (χ4v) is 4.34. The average molecular weight is 385 g/mol. The number of Topliss-reactive ketones (excluding diaryl/α,β-unsaturated/α-hetero) is 1. The number of ketones is 1. The van der Waals surface area contributed by atoms with E-state index in [4.69, 9.17) is 14.5 Å². The highest BCUT2D eigenvalue weighted by Gasteiger charge is 2.70. The maximum absolute atomic E-state index is 13.7. The lowest BCUT2D eigenvalue weighted by Crippen LogP contribution is -2.51.